The fourth-order valence-electron chi connectivity index (χ4n) is 1.60. The number of hydrogen-bond donors (Lipinski definition) is 2. The van der Waals surface area contributed by atoms with Crippen LogP contribution in [0, 0.1) is 11.6 Å². The highest BCUT2D eigenvalue weighted by atomic mass is 32.2. The number of halogens is 2. The molecule has 0 saturated heterocycles. The largest absolute Gasteiger partial charge is 0.392 e. The first-order valence-corrected chi connectivity index (χ1v) is 7.09. The molecule has 20 heavy (non-hydrogen) atoms. The molecule has 106 valence electrons. The maximum absolute atomic E-state index is 13.7. The van der Waals surface area contributed by atoms with Crippen molar-refractivity contribution in [2.75, 3.05) is 4.72 Å². The Hall–Kier alpha value is -1.99. The lowest BCUT2D eigenvalue weighted by Crippen LogP contribution is -2.15. The lowest BCUT2D eigenvalue weighted by atomic mass is 10.2. The summed E-state index contributed by atoms with van der Waals surface area (Å²) in [6, 6.07) is 8.38. The summed E-state index contributed by atoms with van der Waals surface area (Å²) in [5, 5.41) is 8.85. The Balaban J connectivity index is 2.39. The van der Waals surface area contributed by atoms with Crippen molar-refractivity contribution in [1.29, 1.82) is 0 Å². The zero-order valence-electron chi connectivity index (χ0n) is 10.2. The van der Waals surface area contributed by atoms with Crippen molar-refractivity contribution >= 4 is 15.7 Å². The van der Waals surface area contributed by atoms with E-state index in [0.29, 0.717) is 0 Å². The summed E-state index contributed by atoms with van der Waals surface area (Å²) in [4.78, 5) is -0.613. The van der Waals surface area contributed by atoms with Gasteiger partial charge in [-0.05, 0) is 29.8 Å². The van der Waals surface area contributed by atoms with Gasteiger partial charge in [0, 0.05) is 0 Å². The van der Waals surface area contributed by atoms with E-state index in [-0.39, 0.29) is 11.3 Å². The second kappa shape index (κ2) is 5.56. The highest BCUT2D eigenvalue weighted by Crippen LogP contribution is 2.21. The Morgan fingerprint density at radius 1 is 1.05 bits per heavy atom. The molecular formula is C13H11F2NO3S. The number of rotatable bonds is 4. The molecule has 2 aromatic rings. The topological polar surface area (TPSA) is 66.4 Å². The van der Waals surface area contributed by atoms with Crippen molar-refractivity contribution < 1.29 is 22.3 Å². The monoisotopic (exact) mass is 299 g/mol. The summed E-state index contributed by atoms with van der Waals surface area (Å²) in [7, 11) is -4.24. The number of anilines is 1. The van der Waals surface area contributed by atoms with E-state index in [0.717, 1.165) is 18.2 Å². The minimum Gasteiger partial charge on any atom is -0.392 e. The Morgan fingerprint density at radius 2 is 1.75 bits per heavy atom. The fraction of sp³-hybridized carbons (Fsp3) is 0.0769. The third kappa shape index (κ3) is 2.94. The van der Waals surface area contributed by atoms with Gasteiger partial charge in [-0.15, -0.1) is 0 Å². The smallest absolute Gasteiger partial charge is 0.264 e. The van der Waals surface area contributed by atoms with Gasteiger partial charge >= 0.3 is 0 Å². The zero-order chi connectivity index (χ0) is 14.8. The molecule has 0 amide bonds. The van der Waals surface area contributed by atoms with E-state index >= 15 is 0 Å². The molecule has 0 radical (unpaired) electrons. The normalized spacial score (nSPS) is 11.3. The lowest BCUT2D eigenvalue weighted by molar-refractivity contribution is 0.281. The Bertz CT molecular complexity index is 732. The van der Waals surface area contributed by atoms with Crippen molar-refractivity contribution in [3.8, 4) is 0 Å². The highest BCUT2D eigenvalue weighted by Gasteiger charge is 2.20. The van der Waals surface area contributed by atoms with Crippen molar-refractivity contribution in [2.24, 2.45) is 0 Å². The third-order valence-corrected chi connectivity index (χ3v) is 3.99. The highest BCUT2D eigenvalue weighted by molar-refractivity contribution is 7.92. The van der Waals surface area contributed by atoms with Gasteiger partial charge in [-0.25, -0.2) is 17.2 Å². The van der Waals surface area contributed by atoms with Gasteiger partial charge in [-0.2, -0.15) is 0 Å². The van der Waals surface area contributed by atoms with Crippen LogP contribution < -0.4 is 4.72 Å². The predicted molar refractivity (Wildman–Crippen MR) is 69.5 cm³/mol. The molecule has 0 spiro atoms. The predicted octanol–water partition coefficient (Wildman–Crippen LogP) is 2.26. The van der Waals surface area contributed by atoms with Gasteiger partial charge in [0.25, 0.3) is 10.0 Å². The lowest BCUT2D eigenvalue weighted by Gasteiger charge is -2.10. The van der Waals surface area contributed by atoms with Gasteiger partial charge < -0.3 is 5.11 Å². The van der Waals surface area contributed by atoms with Crippen LogP contribution in [0.5, 0.6) is 0 Å². The average Bonchev–Trinajstić information content (AvgIpc) is 2.40. The average molecular weight is 299 g/mol. The van der Waals surface area contributed by atoms with Crippen molar-refractivity contribution in [1.82, 2.24) is 0 Å². The quantitative estimate of drug-likeness (QED) is 0.910. The van der Waals surface area contributed by atoms with Crippen LogP contribution in [-0.4, -0.2) is 13.5 Å². The first kappa shape index (κ1) is 14.4. The molecule has 4 nitrogen and oxygen atoms in total. The van der Waals surface area contributed by atoms with Crippen LogP contribution in [0.15, 0.2) is 47.4 Å². The molecule has 0 fully saturated rings. The number of aliphatic hydroxyl groups is 1. The molecule has 7 heteroatoms. The molecule has 2 rings (SSSR count). The molecule has 0 aromatic heterocycles. The molecule has 0 unspecified atom stereocenters. The van der Waals surface area contributed by atoms with E-state index in [4.69, 9.17) is 5.11 Å². The van der Waals surface area contributed by atoms with Crippen LogP contribution in [0.4, 0.5) is 14.5 Å². The summed E-state index contributed by atoms with van der Waals surface area (Å²) in [6.45, 7) is -0.405. The molecule has 0 aliphatic heterocycles. The molecule has 2 N–H and O–H groups in total. The van der Waals surface area contributed by atoms with Crippen LogP contribution in [0.2, 0.25) is 0 Å². The van der Waals surface area contributed by atoms with Gasteiger partial charge in [0.05, 0.1) is 12.3 Å². The van der Waals surface area contributed by atoms with Crippen LogP contribution in [0.25, 0.3) is 0 Å². The number of nitrogens with one attached hydrogen (secondary N) is 1. The molecule has 0 bridgehead atoms. The van der Waals surface area contributed by atoms with Gasteiger partial charge in [0.15, 0.2) is 0 Å². The van der Waals surface area contributed by atoms with Crippen molar-refractivity contribution in [3.05, 3.63) is 59.7 Å². The second-order valence-electron chi connectivity index (χ2n) is 4.01. The number of benzene rings is 2. The number of para-hydroxylation sites is 1. The summed E-state index contributed by atoms with van der Waals surface area (Å²) in [6.07, 6.45) is 0. The molecule has 0 aliphatic carbocycles. The molecule has 0 atom stereocenters. The zero-order valence-corrected chi connectivity index (χ0v) is 11.0. The molecule has 0 heterocycles. The first-order valence-electron chi connectivity index (χ1n) is 5.60. The van der Waals surface area contributed by atoms with Crippen LogP contribution in [0.3, 0.4) is 0 Å². The number of sulfonamides is 1. The van der Waals surface area contributed by atoms with Crippen molar-refractivity contribution in [2.45, 2.75) is 11.5 Å². The number of hydrogen-bond acceptors (Lipinski definition) is 3. The Morgan fingerprint density at radius 3 is 2.35 bits per heavy atom. The number of aliphatic hydroxyl groups excluding tert-OH is 1. The molecule has 0 saturated carbocycles. The van der Waals surface area contributed by atoms with Crippen molar-refractivity contribution in [3.63, 3.8) is 0 Å². The van der Waals surface area contributed by atoms with Crippen LogP contribution in [0.1, 0.15) is 5.56 Å². The summed E-state index contributed by atoms with van der Waals surface area (Å²) in [5.41, 5.74) is -0.0227. The Kier molecular flexibility index (Phi) is 4.01. The van der Waals surface area contributed by atoms with Crippen LogP contribution >= 0.6 is 0 Å². The van der Waals surface area contributed by atoms with Gasteiger partial charge in [-0.3, -0.25) is 4.72 Å². The first-order chi connectivity index (χ1) is 9.44. The van der Waals surface area contributed by atoms with Crippen LogP contribution in [-0.2, 0) is 16.6 Å². The van der Waals surface area contributed by atoms with Gasteiger partial charge in [0.2, 0.25) is 0 Å². The van der Waals surface area contributed by atoms with E-state index in [1.807, 2.05) is 4.72 Å². The van der Waals surface area contributed by atoms with Gasteiger partial charge in [-0.1, -0.05) is 18.2 Å². The van der Waals surface area contributed by atoms with E-state index in [9.17, 15) is 17.2 Å². The minimum absolute atomic E-state index is 0.243. The molecular weight excluding hydrogens is 288 g/mol. The van der Waals surface area contributed by atoms with E-state index < -0.39 is 33.2 Å². The minimum atomic E-state index is -4.24. The summed E-state index contributed by atoms with van der Waals surface area (Å²) >= 11 is 0. The Labute approximate surface area is 114 Å². The standard InChI is InChI=1S/C13H11F2NO3S/c14-10-3-1-2-4-12(10)16-20(18,19)13-6-5-9(8-17)7-11(13)15/h1-7,16-17H,8H2. The van der Waals surface area contributed by atoms with E-state index in [2.05, 4.69) is 0 Å². The molecule has 2 aromatic carbocycles. The maximum Gasteiger partial charge on any atom is 0.264 e. The van der Waals surface area contributed by atoms with E-state index in [1.54, 1.807) is 0 Å². The third-order valence-electron chi connectivity index (χ3n) is 2.59. The summed E-state index contributed by atoms with van der Waals surface area (Å²) in [5.74, 6) is -1.77. The van der Waals surface area contributed by atoms with Gasteiger partial charge in [0.1, 0.15) is 16.5 Å². The molecule has 0 aliphatic rings. The summed E-state index contributed by atoms with van der Waals surface area (Å²) < 4.78 is 53.1. The fourth-order valence-corrected chi connectivity index (χ4v) is 2.73. The SMILES string of the molecule is O=S(=O)(Nc1ccccc1F)c1ccc(CO)cc1F. The maximum atomic E-state index is 13.7. The van der Waals surface area contributed by atoms with E-state index in [1.165, 1.54) is 24.3 Å². The second-order valence-corrected chi connectivity index (χ2v) is 5.66.